The fourth-order valence-corrected chi connectivity index (χ4v) is 3.41. The minimum Gasteiger partial charge on any atom is -0.371 e. The Hall–Kier alpha value is -1.95. The quantitative estimate of drug-likeness (QED) is 0.718. The standard InChI is InChI=1S/C13H13N5S/c1-2-6-11(17-7-3-4-8-17)10(5-1)12-16-18-9-14-15-13(18)19-12/h1-2,5-6,9H,3-4,7-8H2. The number of para-hydroxylation sites is 1. The Labute approximate surface area is 114 Å². The van der Waals surface area contributed by atoms with Crippen LogP contribution in [0.15, 0.2) is 30.6 Å². The molecule has 2 aromatic heterocycles. The molecule has 0 N–H and O–H groups in total. The third-order valence-corrected chi connectivity index (χ3v) is 4.41. The predicted molar refractivity (Wildman–Crippen MR) is 75.5 cm³/mol. The minimum atomic E-state index is 0.839. The molecule has 3 aromatic rings. The smallest absolute Gasteiger partial charge is 0.234 e. The summed E-state index contributed by atoms with van der Waals surface area (Å²) in [4.78, 5) is 3.28. The second-order valence-corrected chi connectivity index (χ2v) is 5.63. The Morgan fingerprint density at radius 2 is 1.95 bits per heavy atom. The molecular weight excluding hydrogens is 258 g/mol. The van der Waals surface area contributed by atoms with Crippen molar-refractivity contribution in [2.45, 2.75) is 12.8 Å². The van der Waals surface area contributed by atoms with E-state index in [0.717, 1.165) is 23.1 Å². The summed E-state index contributed by atoms with van der Waals surface area (Å²) in [6.07, 6.45) is 4.20. The Kier molecular flexibility index (Phi) is 2.48. The zero-order valence-corrected chi connectivity index (χ0v) is 11.2. The van der Waals surface area contributed by atoms with Gasteiger partial charge in [-0.3, -0.25) is 0 Å². The number of rotatable bonds is 2. The third-order valence-electron chi connectivity index (χ3n) is 3.47. The molecule has 1 aliphatic heterocycles. The van der Waals surface area contributed by atoms with E-state index in [1.165, 1.54) is 24.1 Å². The lowest BCUT2D eigenvalue weighted by Gasteiger charge is -2.20. The second kappa shape index (κ2) is 4.31. The molecule has 4 rings (SSSR count). The molecule has 0 amide bonds. The van der Waals surface area contributed by atoms with Crippen LogP contribution in [-0.2, 0) is 0 Å². The molecule has 0 aliphatic carbocycles. The first-order valence-corrected chi connectivity index (χ1v) is 7.25. The maximum absolute atomic E-state index is 4.56. The van der Waals surface area contributed by atoms with E-state index in [0.29, 0.717) is 0 Å². The highest BCUT2D eigenvalue weighted by atomic mass is 32.1. The largest absolute Gasteiger partial charge is 0.371 e. The SMILES string of the molecule is c1ccc(N2CCCC2)c(-c2nn3cnnc3s2)c1. The summed E-state index contributed by atoms with van der Waals surface area (Å²) >= 11 is 1.58. The summed E-state index contributed by atoms with van der Waals surface area (Å²) in [6.45, 7) is 2.28. The summed E-state index contributed by atoms with van der Waals surface area (Å²) < 4.78 is 1.74. The maximum Gasteiger partial charge on any atom is 0.234 e. The summed E-state index contributed by atoms with van der Waals surface area (Å²) in [5, 5.41) is 13.5. The number of hydrogen-bond donors (Lipinski definition) is 0. The number of nitrogens with zero attached hydrogens (tertiary/aromatic N) is 5. The highest BCUT2D eigenvalue weighted by Gasteiger charge is 2.18. The van der Waals surface area contributed by atoms with Crippen molar-refractivity contribution < 1.29 is 0 Å². The average molecular weight is 271 g/mol. The van der Waals surface area contributed by atoms with Gasteiger partial charge in [0.15, 0.2) is 0 Å². The number of benzene rings is 1. The molecule has 0 unspecified atom stereocenters. The third kappa shape index (κ3) is 1.79. The molecule has 0 saturated carbocycles. The van der Waals surface area contributed by atoms with E-state index >= 15 is 0 Å². The van der Waals surface area contributed by atoms with Gasteiger partial charge in [-0.15, -0.1) is 10.2 Å². The highest BCUT2D eigenvalue weighted by Crippen LogP contribution is 2.34. The molecule has 19 heavy (non-hydrogen) atoms. The van der Waals surface area contributed by atoms with Crippen LogP contribution in [0.2, 0.25) is 0 Å². The first kappa shape index (κ1) is 10.9. The van der Waals surface area contributed by atoms with Gasteiger partial charge in [0.05, 0.1) is 0 Å². The number of hydrogen-bond acceptors (Lipinski definition) is 5. The van der Waals surface area contributed by atoms with Crippen molar-refractivity contribution in [2.24, 2.45) is 0 Å². The van der Waals surface area contributed by atoms with Crippen LogP contribution in [0, 0.1) is 0 Å². The van der Waals surface area contributed by atoms with Gasteiger partial charge in [0.1, 0.15) is 11.3 Å². The van der Waals surface area contributed by atoms with Crippen LogP contribution in [0.4, 0.5) is 5.69 Å². The van der Waals surface area contributed by atoms with E-state index in [1.807, 2.05) is 0 Å². The molecule has 0 radical (unpaired) electrons. The maximum atomic E-state index is 4.56. The predicted octanol–water partition coefficient (Wildman–Crippen LogP) is 2.45. The van der Waals surface area contributed by atoms with Crippen LogP contribution in [0.25, 0.3) is 15.5 Å². The minimum absolute atomic E-state index is 0.839. The van der Waals surface area contributed by atoms with Crippen molar-refractivity contribution in [1.29, 1.82) is 0 Å². The zero-order chi connectivity index (χ0) is 12.7. The summed E-state index contributed by atoms with van der Waals surface area (Å²) in [6, 6.07) is 8.48. The van der Waals surface area contributed by atoms with Gasteiger partial charge in [-0.2, -0.15) is 9.61 Å². The summed E-state index contributed by atoms with van der Waals surface area (Å²) in [5.41, 5.74) is 2.48. The van der Waals surface area contributed by atoms with Crippen molar-refractivity contribution in [2.75, 3.05) is 18.0 Å². The number of fused-ring (bicyclic) bond motifs is 1. The van der Waals surface area contributed by atoms with E-state index in [9.17, 15) is 0 Å². The van der Waals surface area contributed by atoms with E-state index in [-0.39, 0.29) is 0 Å². The van der Waals surface area contributed by atoms with E-state index in [1.54, 1.807) is 22.2 Å². The van der Waals surface area contributed by atoms with Gasteiger partial charge in [-0.1, -0.05) is 23.5 Å². The molecule has 96 valence electrons. The number of anilines is 1. The average Bonchev–Trinajstić information content (AvgIpc) is 3.15. The Bertz CT molecular complexity index is 682. The molecule has 5 nitrogen and oxygen atoms in total. The molecule has 6 heteroatoms. The molecule has 3 heterocycles. The van der Waals surface area contributed by atoms with Crippen LogP contribution in [0.5, 0.6) is 0 Å². The van der Waals surface area contributed by atoms with Gasteiger partial charge in [0, 0.05) is 24.3 Å². The molecule has 1 fully saturated rings. The molecule has 1 aromatic carbocycles. The van der Waals surface area contributed by atoms with Crippen LogP contribution in [-0.4, -0.2) is 32.9 Å². The fourth-order valence-electron chi connectivity index (χ4n) is 2.56. The van der Waals surface area contributed by atoms with Crippen LogP contribution in [0.3, 0.4) is 0 Å². The van der Waals surface area contributed by atoms with Crippen molar-refractivity contribution in [1.82, 2.24) is 19.8 Å². The Balaban J connectivity index is 1.83. The van der Waals surface area contributed by atoms with Gasteiger partial charge in [-0.05, 0) is 25.0 Å². The molecule has 1 saturated heterocycles. The molecule has 0 bridgehead atoms. The Morgan fingerprint density at radius 1 is 1.11 bits per heavy atom. The normalized spacial score (nSPS) is 15.5. The van der Waals surface area contributed by atoms with Crippen LogP contribution in [0.1, 0.15) is 12.8 Å². The molecular formula is C13H13N5S. The fraction of sp³-hybridized carbons (Fsp3) is 0.308. The topological polar surface area (TPSA) is 46.3 Å². The van der Waals surface area contributed by atoms with Crippen molar-refractivity contribution in [3.05, 3.63) is 30.6 Å². The zero-order valence-electron chi connectivity index (χ0n) is 10.4. The monoisotopic (exact) mass is 271 g/mol. The van der Waals surface area contributed by atoms with Gasteiger partial charge in [-0.25, -0.2) is 0 Å². The first-order valence-electron chi connectivity index (χ1n) is 6.43. The lowest BCUT2D eigenvalue weighted by Crippen LogP contribution is -2.18. The summed E-state index contributed by atoms with van der Waals surface area (Å²) in [7, 11) is 0. The van der Waals surface area contributed by atoms with Crippen molar-refractivity contribution in [3.63, 3.8) is 0 Å². The van der Waals surface area contributed by atoms with Gasteiger partial charge in [0.2, 0.25) is 4.96 Å². The first-order chi connectivity index (χ1) is 9.42. The lowest BCUT2D eigenvalue weighted by atomic mass is 10.1. The van der Waals surface area contributed by atoms with E-state index < -0.39 is 0 Å². The van der Waals surface area contributed by atoms with E-state index in [4.69, 9.17) is 0 Å². The van der Waals surface area contributed by atoms with Crippen LogP contribution >= 0.6 is 11.3 Å². The summed E-state index contributed by atoms with van der Waals surface area (Å²) in [5.74, 6) is 0. The second-order valence-electron chi connectivity index (χ2n) is 4.68. The molecule has 0 spiro atoms. The van der Waals surface area contributed by atoms with Gasteiger partial charge < -0.3 is 4.90 Å². The van der Waals surface area contributed by atoms with E-state index in [2.05, 4.69) is 44.5 Å². The molecule has 1 aliphatic rings. The van der Waals surface area contributed by atoms with Gasteiger partial charge >= 0.3 is 0 Å². The molecule has 0 atom stereocenters. The van der Waals surface area contributed by atoms with Crippen molar-refractivity contribution in [3.8, 4) is 10.6 Å². The van der Waals surface area contributed by atoms with Crippen LogP contribution < -0.4 is 4.90 Å². The highest BCUT2D eigenvalue weighted by molar-refractivity contribution is 7.19. The Morgan fingerprint density at radius 3 is 2.79 bits per heavy atom. The van der Waals surface area contributed by atoms with Gasteiger partial charge in [0.25, 0.3) is 0 Å². The number of aromatic nitrogens is 4. The van der Waals surface area contributed by atoms with Crippen molar-refractivity contribution >= 4 is 22.0 Å². The lowest BCUT2D eigenvalue weighted by molar-refractivity contribution is 0.949.